The van der Waals surface area contributed by atoms with Gasteiger partial charge in [-0.15, -0.1) is 0 Å². The van der Waals surface area contributed by atoms with Crippen molar-refractivity contribution in [1.29, 1.82) is 0 Å². The van der Waals surface area contributed by atoms with Gasteiger partial charge in [0.05, 0.1) is 24.7 Å². The Balaban J connectivity index is 1.68. The highest BCUT2D eigenvalue weighted by Gasteiger charge is 2.30. The first-order chi connectivity index (χ1) is 24.8. The molecule has 286 valence electrons. The molecule has 0 fully saturated rings. The van der Waals surface area contributed by atoms with Crippen molar-refractivity contribution >= 4 is 29.5 Å². The molecule has 4 bridgehead atoms. The minimum absolute atomic E-state index is 0.00940. The van der Waals surface area contributed by atoms with Gasteiger partial charge in [0, 0.05) is 44.9 Å². The highest BCUT2D eigenvalue weighted by Crippen LogP contribution is 2.28. The van der Waals surface area contributed by atoms with E-state index in [0.717, 1.165) is 17.5 Å². The van der Waals surface area contributed by atoms with Gasteiger partial charge < -0.3 is 65.5 Å². The number of hydrogen-bond donors (Lipinski definition) is 12. The van der Waals surface area contributed by atoms with E-state index in [2.05, 4.69) is 26.6 Å². The molecule has 1 heterocycles. The van der Waals surface area contributed by atoms with Gasteiger partial charge in [-0.1, -0.05) is 30.3 Å². The summed E-state index contributed by atoms with van der Waals surface area (Å²) in [6.07, 6.45) is 0.689. The first kappa shape index (κ1) is 41.8. The fourth-order valence-electron chi connectivity index (χ4n) is 5.61. The maximum Gasteiger partial charge on any atom is 0.243 e. The van der Waals surface area contributed by atoms with Gasteiger partial charge in [0.1, 0.15) is 17.8 Å². The van der Waals surface area contributed by atoms with Crippen molar-refractivity contribution in [3.63, 3.8) is 0 Å². The molecule has 0 radical (unpaired) electrons. The van der Waals surface area contributed by atoms with Gasteiger partial charge in [-0.05, 0) is 66.6 Å². The SMILES string of the molecule is NCCC[C@H](N)CNC(=O)[C@@H](N)CCCNC(=O)CNC(=O)[C@@H]1Cc2cccc(c2)-c2ccc(O)c(c2)C[C@H](N)C(=O)N[C@@H](C[C@@H](O)CN)C(=O)N1. The van der Waals surface area contributed by atoms with Crippen LogP contribution in [-0.4, -0.2) is 109 Å². The van der Waals surface area contributed by atoms with Gasteiger partial charge in [0.15, 0.2) is 0 Å². The quantitative estimate of drug-likeness (QED) is 0.0757. The zero-order valence-corrected chi connectivity index (χ0v) is 29.3. The molecule has 1 aliphatic heterocycles. The molecule has 3 rings (SSSR count). The van der Waals surface area contributed by atoms with Gasteiger partial charge in [-0.2, -0.15) is 0 Å². The molecule has 1 aliphatic rings. The van der Waals surface area contributed by atoms with E-state index in [1.807, 2.05) is 12.1 Å². The first-order valence-corrected chi connectivity index (χ1v) is 17.5. The van der Waals surface area contributed by atoms with Crippen LogP contribution in [0.2, 0.25) is 0 Å². The van der Waals surface area contributed by atoms with E-state index in [1.165, 1.54) is 6.07 Å². The van der Waals surface area contributed by atoms with Crippen molar-refractivity contribution in [3.8, 4) is 16.9 Å². The molecule has 2 aromatic rings. The molecule has 52 heavy (non-hydrogen) atoms. The minimum atomic E-state index is -1.31. The Morgan fingerprint density at radius 2 is 1.65 bits per heavy atom. The zero-order valence-electron chi connectivity index (χ0n) is 29.3. The van der Waals surface area contributed by atoms with Crippen LogP contribution in [0.4, 0.5) is 0 Å². The van der Waals surface area contributed by atoms with Crippen LogP contribution in [0.25, 0.3) is 11.1 Å². The maximum absolute atomic E-state index is 13.6. The van der Waals surface area contributed by atoms with Crippen LogP contribution in [0.15, 0.2) is 42.5 Å². The van der Waals surface area contributed by atoms with E-state index in [4.69, 9.17) is 28.7 Å². The molecule has 0 saturated heterocycles. The van der Waals surface area contributed by atoms with Crippen LogP contribution in [0.3, 0.4) is 0 Å². The third-order valence-corrected chi connectivity index (χ3v) is 8.69. The van der Waals surface area contributed by atoms with Crippen LogP contribution in [0.1, 0.15) is 43.2 Å². The van der Waals surface area contributed by atoms with E-state index in [0.29, 0.717) is 36.9 Å². The van der Waals surface area contributed by atoms with E-state index >= 15 is 0 Å². The summed E-state index contributed by atoms with van der Waals surface area (Å²) < 4.78 is 0. The second-order valence-electron chi connectivity index (χ2n) is 13.1. The van der Waals surface area contributed by atoms with Crippen molar-refractivity contribution in [2.75, 3.05) is 32.7 Å². The largest absolute Gasteiger partial charge is 0.508 e. The lowest BCUT2D eigenvalue weighted by atomic mass is 9.96. The Kier molecular flexibility index (Phi) is 16.9. The van der Waals surface area contributed by atoms with E-state index < -0.39 is 60.4 Å². The number of rotatable bonds is 16. The van der Waals surface area contributed by atoms with E-state index in [1.54, 1.807) is 24.3 Å². The Hall–Kier alpha value is -4.65. The van der Waals surface area contributed by atoms with Gasteiger partial charge in [0.2, 0.25) is 29.5 Å². The van der Waals surface area contributed by atoms with Crippen LogP contribution >= 0.6 is 0 Å². The second-order valence-corrected chi connectivity index (χ2v) is 13.1. The number of amides is 5. The van der Waals surface area contributed by atoms with Crippen LogP contribution in [0, 0.1) is 0 Å². The highest BCUT2D eigenvalue weighted by molar-refractivity contribution is 5.94. The third kappa shape index (κ3) is 13.5. The Bertz CT molecular complexity index is 1530. The summed E-state index contributed by atoms with van der Waals surface area (Å²) in [6.45, 7) is 0.403. The monoisotopic (exact) mass is 726 g/mol. The number of phenolic OH excluding ortho intramolecular Hbond substituents is 1. The fourth-order valence-corrected chi connectivity index (χ4v) is 5.61. The molecule has 0 saturated carbocycles. The Morgan fingerprint density at radius 3 is 2.38 bits per heavy atom. The average Bonchev–Trinajstić information content (AvgIpc) is 3.13. The summed E-state index contributed by atoms with van der Waals surface area (Å²) in [5, 5.41) is 33.9. The van der Waals surface area contributed by atoms with Crippen molar-refractivity contribution in [2.45, 2.75) is 81.3 Å². The number of carbonyl (C=O) groups excluding carboxylic acids is 5. The Morgan fingerprint density at radius 1 is 0.904 bits per heavy atom. The maximum atomic E-state index is 13.6. The number of hydrogen-bond acceptors (Lipinski definition) is 12. The molecule has 17 heteroatoms. The number of aliphatic hydroxyl groups excluding tert-OH is 1. The van der Waals surface area contributed by atoms with Crippen molar-refractivity contribution < 1.29 is 34.2 Å². The topological polar surface area (TPSA) is 316 Å². The molecule has 0 aromatic heterocycles. The first-order valence-electron chi connectivity index (χ1n) is 17.5. The average molecular weight is 727 g/mol. The van der Waals surface area contributed by atoms with Gasteiger partial charge in [-0.25, -0.2) is 0 Å². The molecule has 5 amide bonds. The fraction of sp³-hybridized carbons (Fsp3) is 0.514. The molecule has 6 atom stereocenters. The van der Waals surface area contributed by atoms with Crippen LogP contribution < -0.4 is 55.3 Å². The molecule has 0 unspecified atom stereocenters. The number of aliphatic hydroxyl groups is 1. The summed E-state index contributed by atoms with van der Waals surface area (Å²) in [7, 11) is 0. The summed E-state index contributed by atoms with van der Waals surface area (Å²) in [5.74, 6) is -3.06. The highest BCUT2D eigenvalue weighted by atomic mass is 16.3. The summed E-state index contributed by atoms with van der Waals surface area (Å²) >= 11 is 0. The molecule has 17 N–H and O–H groups in total. The normalized spacial score (nSPS) is 19.5. The number of nitrogens with two attached hydrogens (primary N) is 5. The zero-order chi connectivity index (χ0) is 38.2. The predicted octanol–water partition coefficient (Wildman–Crippen LogP) is -3.31. The molecular formula is C35H54N10O7. The molecule has 0 aliphatic carbocycles. The summed E-state index contributed by atoms with van der Waals surface area (Å²) in [4.78, 5) is 65.1. The summed E-state index contributed by atoms with van der Waals surface area (Å²) in [6, 6.07) is 7.48. The number of fused-ring (bicyclic) bond motifs is 5. The van der Waals surface area contributed by atoms with E-state index in [9.17, 15) is 34.2 Å². The lowest BCUT2D eigenvalue weighted by Crippen LogP contribution is -2.57. The second kappa shape index (κ2) is 21.0. The predicted molar refractivity (Wildman–Crippen MR) is 195 cm³/mol. The Labute approximate surface area is 303 Å². The third-order valence-electron chi connectivity index (χ3n) is 8.69. The summed E-state index contributed by atoms with van der Waals surface area (Å²) in [5.41, 5.74) is 31.7. The number of benzene rings is 2. The lowest BCUT2D eigenvalue weighted by Gasteiger charge is -2.25. The number of phenols is 1. The van der Waals surface area contributed by atoms with Gasteiger partial charge in [0.25, 0.3) is 0 Å². The van der Waals surface area contributed by atoms with Gasteiger partial charge >= 0.3 is 0 Å². The molecular weight excluding hydrogens is 672 g/mol. The van der Waals surface area contributed by atoms with Crippen molar-refractivity contribution in [2.24, 2.45) is 28.7 Å². The molecule has 17 nitrogen and oxygen atoms in total. The van der Waals surface area contributed by atoms with E-state index in [-0.39, 0.29) is 56.6 Å². The lowest BCUT2D eigenvalue weighted by molar-refractivity contribution is -0.133. The molecule has 2 aromatic carbocycles. The van der Waals surface area contributed by atoms with Gasteiger partial charge in [-0.3, -0.25) is 24.0 Å². The standard InChI is InChI=1S/C35H54N10O7/c36-10-2-6-24(38)18-42-32(49)26(39)7-3-11-41-31(48)19-43-34(51)28-13-20-4-1-5-21(12-20)22-8-9-30(47)23(14-22)15-27(40)33(50)44-29(35(52)45-28)16-25(46)17-37/h1,4-5,8-9,12,14,24-29,46-47H,2-3,6-7,10-11,13,15-19,36-40H2,(H,41,48)(H,42,49)(H,43,51)(H,44,50)(H,45,52)/t24-,25+,26-,27-,28-,29-/m0/s1. The number of nitrogens with one attached hydrogen (secondary N) is 5. The number of aromatic hydroxyl groups is 1. The van der Waals surface area contributed by atoms with Crippen molar-refractivity contribution in [3.05, 3.63) is 53.6 Å². The van der Waals surface area contributed by atoms with Crippen molar-refractivity contribution in [1.82, 2.24) is 26.6 Å². The van der Waals surface area contributed by atoms with Crippen LogP contribution in [0.5, 0.6) is 5.75 Å². The minimum Gasteiger partial charge on any atom is -0.508 e. The number of carbonyl (C=O) groups is 5. The smallest absolute Gasteiger partial charge is 0.243 e. The van der Waals surface area contributed by atoms with Crippen LogP contribution in [-0.2, 0) is 36.8 Å². The molecule has 0 spiro atoms.